The second kappa shape index (κ2) is 5.77. The smallest absolute Gasteiger partial charge is 0.0966 e. The summed E-state index contributed by atoms with van der Waals surface area (Å²) in [6, 6.07) is 0.302. The molecule has 3 fully saturated rings. The van der Waals surface area contributed by atoms with Crippen LogP contribution in [0.25, 0.3) is 0 Å². The van der Waals surface area contributed by atoms with Crippen LogP contribution in [0.4, 0.5) is 0 Å². The predicted molar refractivity (Wildman–Crippen MR) is 71.0 cm³/mol. The molecule has 0 aromatic carbocycles. The third-order valence-corrected chi connectivity index (χ3v) is 4.63. The molecule has 0 spiro atoms. The molecule has 2 bridgehead atoms. The van der Waals surface area contributed by atoms with Crippen molar-refractivity contribution >= 4 is 0 Å². The van der Waals surface area contributed by atoms with Crippen LogP contribution in [0.1, 0.15) is 24.5 Å². The van der Waals surface area contributed by atoms with Crippen LogP contribution in [0, 0.1) is 5.92 Å². The van der Waals surface area contributed by atoms with Crippen molar-refractivity contribution in [1.82, 2.24) is 19.9 Å². The molecule has 3 N–H and O–H groups in total. The number of hydrogen-bond acceptors (Lipinski definition) is 6. The zero-order valence-corrected chi connectivity index (χ0v) is 11.5. The van der Waals surface area contributed by atoms with Crippen LogP contribution in [0.3, 0.4) is 0 Å². The maximum atomic E-state index is 9.43. The molecule has 5 atom stereocenters. The van der Waals surface area contributed by atoms with E-state index in [-0.39, 0.29) is 19.8 Å². The Morgan fingerprint density at radius 1 is 1.40 bits per heavy atom. The topological polar surface area (TPSA) is 94.6 Å². The van der Waals surface area contributed by atoms with Crippen LogP contribution in [0.2, 0.25) is 0 Å². The minimum Gasteiger partial charge on any atom is -0.395 e. The monoisotopic (exact) mass is 282 g/mol. The lowest BCUT2D eigenvalue weighted by molar-refractivity contribution is 0.00183. The largest absolute Gasteiger partial charge is 0.395 e. The number of aromatic nitrogens is 3. The summed E-state index contributed by atoms with van der Waals surface area (Å²) in [5, 5.41) is 35.9. The van der Waals surface area contributed by atoms with E-state index in [0.29, 0.717) is 17.9 Å². The Balaban J connectivity index is 1.68. The Hall–Kier alpha value is -1.02. The SMILES string of the molecule is OCC(O)Cn1cc(C2CN3CCC2CC3CO)nn1. The first-order chi connectivity index (χ1) is 9.71. The first-order valence-electron chi connectivity index (χ1n) is 7.25. The quantitative estimate of drug-likeness (QED) is 0.628. The predicted octanol–water partition coefficient (Wildman–Crippen LogP) is -1.20. The third kappa shape index (κ3) is 2.58. The maximum absolute atomic E-state index is 9.43. The molecule has 0 radical (unpaired) electrons. The number of aliphatic hydroxyl groups excluding tert-OH is 3. The summed E-state index contributed by atoms with van der Waals surface area (Å²) in [6.07, 6.45) is 3.25. The minimum absolute atomic E-state index is 0.235. The molecule has 7 heteroatoms. The van der Waals surface area contributed by atoms with Gasteiger partial charge >= 0.3 is 0 Å². The number of piperidine rings is 3. The molecule has 0 amide bonds. The summed E-state index contributed by atoms with van der Waals surface area (Å²) >= 11 is 0. The molecule has 7 nitrogen and oxygen atoms in total. The summed E-state index contributed by atoms with van der Waals surface area (Å²) < 4.78 is 1.59. The van der Waals surface area contributed by atoms with Gasteiger partial charge in [0.1, 0.15) is 0 Å². The van der Waals surface area contributed by atoms with Gasteiger partial charge in [0.05, 0.1) is 31.6 Å². The van der Waals surface area contributed by atoms with Crippen LogP contribution in [-0.4, -0.2) is 73.7 Å². The van der Waals surface area contributed by atoms with Crippen molar-refractivity contribution in [2.24, 2.45) is 5.92 Å². The van der Waals surface area contributed by atoms with Gasteiger partial charge in [0.2, 0.25) is 0 Å². The number of nitrogens with zero attached hydrogens (tertiary/aromatic N) is 4. The van der Waals surface area contributed by atoms with Crippen molar-refractivity contribution in [3.63, 3.8) is 0 Å². The zero-order chi connectivity index (χ0) is 14.1. The highest BCUT2D eigenvalue weighted by atomic mass is 16.3. The molecule has 3 aliphatic heterocycles. The Labute approximate surface area is 117 Å². The van der Waals surface area contributed by atoms with Gasteiger partial charge in [-0.25, -0.2) is 4.68 Å². The van der Waals surface area contributed by atoms with E-state index in [1.54, 1.807) is 4.68 Å². The molecule has 0 saturated carbocycles. The van der Waals surface area contributed by atoms with Crippen molar-refractivity contribution in [3.05, 3.63) is 11.9 Å². The molecule has 0 aliphatic carbocycles. The number of aliphatic hydroxyl groups is 3. The van der Waals surface area contributed by atoms with E-state index in [1.165, 1.54) is 0 Å². The third-order valence-electron chi connectivity index (χ3n) is 4.63. The Bertz CT molecular complexity index is 453. The zero-order valence-electron chi connectivity index (χ0n) is 11.5. The summed E-state index contributed by atoms with van der Waals surface area (Å²) in [6.45, 7) is 2.22. The summed E-state index contributed by atoms with van der Waals surface area (Å²) in [5.74, 6) is 0.927. The Morgan fingerprint density at radius 3 is 2.90 bits per heavy atom. The highest BCUT2D eigenvalue weighted by Crippen LogP contribution is 2.40. The van der Waals surface area contributed by atoms with Crippen LogP contribution in [0.15, 0.2) is 6.20 Å². The number of rotatable bonds is 5. The average Bonchev–Trinajstić information content (AvgIpc) is 2.95. The molecule has 4 rings (SSSR count). The molecule has 3 saturated heterocycles. The van der Waals surface area contributed by atoms with E-state index < -0.39 is 6.10 Å². The highest BCUT2D eigenvalue weighted by molar-refractivity contribution is 5.10. The van der Waals surface area contributed by atoms with Gasteiger partial charge in [-0.2, -0.15) is 0 Å². The van der Waals surface area contributed by atoms with Gasteiger partial charge in [-0.15, -0.1) is 5.10 Å². The molecular formula is C13H22N4O3. The van der Waals surface area contributed by atoms with Crippen LogP contribution >= 0.6 is 0 Å². The maximum Gasteiger partial charge on any atom is 0.0966 e. The first kappa shape index (κ1) is 13.9. The van der Waals surface area contributed by atoms with E-state index in [4.69, 9.17) is 5.11 Å². The van der Waals surface area contributed by atoms with E-state index in [9.17, 15) is 10.2 Å². The molecule has 1 aromatic rings. The van der Waals surface area contributed by atoms with Crippen LogP contribution in [0.5, 0.6) is 0 Å². The fraction of sp³-hybridized carbons (Fsp3) is 0.846. The number of fused-ring (bicyclic) bond motifs is 3. The van der Waals surface area contributed by atoms with Crippen molar-refractivity contribution in [3.8, 4) is 0 Å². The van der Waals surface area contributed by atoms with Crippen molar-refractivity contribution in [2.75, 3.05) is 26.3 Å². The van der Waals surface area contributed by atoms with E-state index in [0.717, 1.165) is 31.6 Å². The number of hydrogen-bond donors (Lipinski definition) is 3. The average molecular weight is 282 g/mol. The van der Waals surface area contributed by atoms with E-state index in [2.05, 4.69) is 15.2 Å². The van der Waals surface area contributed by atoms with E-state index in [1.807, 2.05) is 6.20 Å². The second-order valence-electron chi connectivity index (χ2n) is 5.92. The standard InChI is InChI=1S/C13H22N4O3/c18-7-10-3-9-1-2-16(10)5-12(9)13-6-17(15-14-13)4-11(20)8-19/h6,9-12,18-20H,1-5,7-8H2. The van der Waals surface area contributed by atoms with Gasteiger partial charge < -0.3 is 15.3 Å². The van der Waals surface area contributed by atoms with Gasteiger partial charge in [0.25, 0.3) is 0 Å². The van der Waals surface area contributed by atoms with Gasteiger partial charge in [-0.1, -0.05) is 5.21 Å². The van der Waals surface area contributed by atoms with E-state index >= 15 is 0 Å². The lowest BCUT2D eigenvalue weighted by Gasteiger charge is -2.48. The lowest BCUT2D eigenvalue weighted by atomic mass is 9.74. The molecule has 5 unspecified atom stereocenters. The first-order valence-corrected chi connectivity index (χ1v) is 7.25. The summed E-state index contributed by atoms with van der Waals surface area (Å²) in [5.41, 5.74) is 0.959. The normalized spacial score (nSPS) is 34.4. The fourth-order valence-electron chi connectivity index (χ4n) is 3.51. The fourth-order valence-corrected chi connectivity index (χ4v) is 3.51. The van der Waals surface area contributed by atoms with Crippen LogP contribution < -0.4 is 0 Å². The minimum atomic E-state index is -0.796. The molecular weight excluding hydrogens is 260 g/mol. The van der Waals surface area contributed by atoms with Crippen molar-refractivity contribution in [2.45, 2.75) is 37.5 Å². The molecule has 3 aliphatic rings. The van der Waals surface area contributed by atoms with Gasteiger partial charge in [-0.3, -0.25) is 4.90 Å². The van der Waals surface area contributed by atoms with Gasteiger partial charge in [0, 0.05) is 24.7 Å². The second-order valence-corrected chi connectivity index (χ2v) is 5.92. The molecule has 4 heterocycles. The Morgan fingerprint density at radius 2 is 2.25 bits per heavy atom. The highest BCUT2D eigenvalue weighted by Gasteiger charge is 2.41. The van der Waals surface area contributed by atoms with Crippen molar-refractivity contribution in [1.29, 1.82) is 0 Å². The Kier molecular flexibility index (Phi) is 4.02. The van der Waals surface area contributed by atoms with Crippen LogP contribution in [-0.2, 0) is 6.54 Å². The summed E-state index contributed by atoms with van der Waals surface area (Å²) in [4.78, 5) is 2.34. The summed E-state index contributed by atoms with van der Waals surface area (Å²) in [7, 11) is 0. The lowest BCUT2D eigenvalue weighted by Crippen LogP contribution is -2.53. The molecule has 112 valence electrons. The van der Waals surface area contributed by atoms with Gasteiger partial charge in [0.15, 0.2) is 0 Å². The van der Waals surface area contributed by atoms with Crippen molar-refractivity contribution < 1.29 is 15.3 Å². The molecule has 1 aromatic heterocycles. The van der Waals surface area contributed by atoms with Gasteiger partial charge in [-0.05, 0) is 25.3 Å². The molecule has 20 heavy (non-hydrogen) atoms.